The van der Waals surface area contributed by atoms with Crippen LogP contribution in [0.15, 0.2) is 42.5 Å². The summed E-state index contributed by atoms with van der Waals surface area (Å²) in [6.07, 6.45) is 0. The van der Waals surface area contributed by atoms with Gasteiger partial charge in [0.2, 0.25) is 0 Å². The molecule has 0 amide bonds. The lowest BCUT2D eigenvalue weighted by Crippen LogP contribution is -1.93. The average Bonchev–Trinajstić information content (AvgIpc) is 2.41. The van der Waals surface area contributed by atoms with Crippen LogP contribution in [0, 0.1) is 17.0 Å². The smallest absolute Gasteiger partial charge is 0.273 e. The summed E-state index contributed by atoms with van der Waals surface area (Å²) in [5, 5.41) is 10.7. The van der Waals surface area contributed by atoms with Gasteiger partial charge >= 0.3 is 0 Å². The Kier molecular flexibility index (Phi) is 3.66. The van der Waals surface area contributed by atoms with E-state index in [2.05, 4.69) is 0 Å². The van der Waals surface area contributed by atoms with Crippen molar-refractivity contribution in [3.8, 4) is 17.2 Å². The van der Waals surface area contributed by atoms with Crippen LogP contribution in [0.5, 0.6) is 17.2 Å². The number of nitro benzene ring substituents is 1. The monoisotopic (exact) mass is 259 g/mol. The molecule has 0 atom stereocenters. The molecule has 0 aliphatic carbocycles. The predicted octanol–water partition coefficient (Wildman–Crippen LogP) is 3.70. The number of hydrogen-bond acceptors (Lipinski definition) is 4. The van der Waals surface area contributed by atoms with Crippen molar-refractivity contribution in [2.24, 2.45) is 0 Å². The maximum Gasteiger partial charge on any atom is 0.273 e. The molecule has 0 aliphatic rings. The molecule has 0 N–H and O–H groups in total. The van der Waals surface area contributed by atoms with Crippen molar-refractivity contribution >= 4 is 5.69 Å². The second kappa shape index (κ2) is 5.39. The second-order valence-electron chi connectivity index (χ2n) is 4.01. The maximum atomic E-state index is 10.7. The van der Waals surface area contributed by atoms with Gasteiger partial charge in [-0.2, -0.15) is 0 Å². The van der Waals surface area contributed by atoms with E-state index < -0.39 is 4.92 Å². The van der Waals surface area contributed by atoms with Gasteiger partial charge in [-0.1, -0.05) is 17.7 Å². The number of nitrogens with zero attached hydrogens (tertiary/aromatic N) is 1. The number of non-ortho nitro benzene ring substituents is 1. The van der Waals surface area contributed by atoms with Crippen molar-refractivity contribution in [2.75, 3.05) is 7.11 Å². The minimum Gasteiger partial charge on any atom is -0.493 e. The summed E-state index contributed by atoms with van der Waals surface area (Å²) in [5.74, 6) is 1.42. The Morgan fingerprint density at radius 2 is 1.74 bits per heavy atom. The van der Waals surface area contributed by atoms with E-state index in [4.69, 9.17) is 9.47 Å². The molecule has 0 fully saturated rings. The number of nitro groups is 1. The lowest BCUT2D eigenvalue weighted by atomic mass is 10.2. The number of benzene rings is 2. The van der Waals surface area contributed by atoms with E-state index in [1.807, 2.05) is 31.2 Å². The van der Waals surface area contributed by atoms with E-state index >= 15 is 0 Å². The van der Waals surface area contributed by atoms with Crippen molar-refractivity contribution in [3.05, 3.63) is 58.1 Å². The van der Waals surface area contributed by atoms with Gasteiger partial charge in [-0.15, -0.1) is 0 Å². The molecule has 5 nitrogen and oxygen atoms in total. The van der Waals surface area contributed by atoms with Crippen molar-refractivity contribution < 1.29 is 14.4 Å². The normalized spacial score (nSPS) is 10.0. The molecule has 98 valence electrons. The number of rotatable bonds is 4. The Labute approximate surface area is 110 Å². The molecule has 0 unspecified atom stereocenters. The molecule has 2 aromatic rings. The molecular formula is C14H13NO4. The summed E-state index contributed by atoms with van der Waals surface area (Å²) in [4.78, 5) is 10.2. The molecule has 0 bridgehead atoms. The van der Waals surface area contributed by atoms with Crippen LogP contribution >= 0.6 is 0 Å². The highest BCUT2D eigenvalue weighted by atomic mass is 16.6. The van der Waals surface area contributed by atoms with Gasteiger partial charge in [-0.3, -0.25) is 10.1 Å². The Bertz CT molecular complexity index is 593. The van der Waals surface area contributed by atoms with Crippen LogP contribution in [0.4, 0.5) is 5.69 Å². The first-order valence-corrected chi connectivity index (χ1v) is 5.67. The molecule has 2 aromatic carbocycles. The van der Waals surface area contributed by atoms with Crippen LogP contribution in [-0.4, -0.2) is 12.0 Å². The highest BCUT2D eigenvalue weighted by Crippen LogP contribution is 2.34. The van der Waals surface area contributed by atoms with E-state index in [-0.39, 0.29) is 5.69 Å². The number of hydrogen-bond donors (Lipinski definition) is 0. The Morgan fingerprint density at radius 1 is 1.05 bits per heavy atom. The Morgan fingerprint density at radius 3 is 2.32 bits per heavy atom. The molecule has 0 heterocycles. The topological polar surface area (TPSA) is 61.6 Å². The SMILES string of the molecule is COc1cc([N+](=O)[O-])ccc1Oc1ccc(C)cc1. The third-order valence-corrected chi connectivity index (χ3v) is 2.61. The first kappa shape index (κ1) is 12.9. The van der Waals surface area contributed by atoms with Crippen LogP contribution in [0.3, 0.4) is 0 Å². The first-order valence-electron chi connectivity index (χ1n) is 5.67. The second-order valence-corrected chi connectivity index (χ2v) is 4.01. The van der Waals surface area contributed by atoms with E-state index in [9.17, 15) is 10.1 Å². The minimum atomic E-state index is -0.474. The molecule has 0 aromatic heterocycles. The molecule has 0 aliphatic heterocycles. The molecular weight excluding hydrogens is 246 g/mol. The van der Waals surface area contributed by atoms with Crippen molar-refractivity contribution in [1.82, 2.24) is 0 Å². The fourth-order valence-corrected chi connectivity index (χ4v) is 1.59. The van der Waals surface area contributed by atoms with Crippen LogP contribution in [0.2, 0.25) is 0 Å². The quantitative estimate of drug-likeness (QED) is 0.620. The molecule has 2 rings (SSSR count). The summed E-state index contributed by atoms with van der Waals surface area (Å²) in [7, 11) is 1.45. The van der Waals surface area contributed by atoms with Crippen molar-refractivity contribution in [2.45, 2.75) is 6.92 Å². The van der Waals surface area contributed by atoms with Crippen molar-refractivity contribution in [1.29, 1.82) is 0 Å². The van der Waals surface area contributed by atoms with E-state index in [1.165, 1.54) is 25.3 Å². The van der Waals surface area contributed by atoms with Gasteiger partial charge in [0.1, 0.15) is 5.75 Å². The maximum absolute atomic E-state index is 10.7. The third-order valence-electron chi connectivity index (χ3n) is 2.61. The predicted molar refractivity (Wildman–Crippen MR) is 70.9 cm³/mol. The summed E-state index contributed by atoms with van der Waals surface area (Å²) in [5.41, 5.74) is 1.09. The fourth-order valence-electron chi connectivity index (χ4n) is 1.59. The lowest BCUT2D eigenvalue weighted by Gasteiger charge is -2.10. The summed E-state index contributed by atoms with van der Waals surface area (Å²) < 4.78 is 10.7. The van der Waals surface area contributed by atoms with Crippen LogP contribution in [0.1, 0.15) is 5.56 Å². The lowest BCUT2D eigenvalue weighted by molar-refractivity contribution is -0.384. The van der Waals surface area contributed by atoms with Gasteiger partial charge in [0.15, 0.2) is 11.5 Å². The van der Waals surface area contributed by atoms with Gasteiger partial charge in [-0.05, 0) is 25.1 Å². The summed E-state index contributed by atoms with van der Waals surface area (Å²) >= 11 is 0. The Balaban J connectivity index is 2.29. The van der Waals surface area contributed by atoms with Gasteiger partial charge in [0.25, 0.3) is 5.69 Å². The zero-order chi connectivity index (χ0) is 13.8. The van der Waals surface area contributed by atoms with Crippen molar-refractivity contribution in [3.63, 3.8) is 0 Å². The summed E-state index contributed by atoms with van der Waals surface area (Å²) in [6, 6.07) is 11.7. The zero-order valence-corrected chi connectivity index (χ0v) is 10.6. The zero-order valence-electron chi connectivity index (χ0n) is 10.6. The standard InChI is InChI=1S/C14H13NO4/c1-10-3-6-12(7-4-10)19-13-8-5-11(15(16)17)9-14(13)18-2/h3-9H,1-2H3. The highest BCUT2D eigenvalue weighted by molar-refractivity contribution is 5.50. The summed E-state index contributed by atoms with van der Waals surface area (Å²) in [6.45, 7) is 1.98. The van der Waals surface area contributed by atoms with E-state index in [0.717, 1.165) is 5.56 Å². The van der Waals surface area contributed by atoms with E-state index in [1.54, 1.807) is 0 Å². The van der Waals surface area contributed by atoms with Crippen LogP contribution < -0.4 is 9.47 Å². The first-order chi connectivity index (χ1) is 9.10. The molecule has 0 saturated heterocycles. The van der Waals surface area contributed by atoms with Gasteiger partial charge in [-0.25, -0.2) is 0 Å². The van der Waals surface area contributed by atoms with E-state index in [0.29, 0.717) is 17.2 Å². The van der Waals surface area contributed by atoms with Gasteiger partial charge in [0, 0.05) is 6.07 Å². The molecule has 0 radical (unpaired) electrons. The minimum absolute atomic E-state index is 0.0342. The third kappa shape index (κ3) is 3.01. The fraction of sp³-hybridized carbons (Fsp3) is 0.143. The number of methoxy groups -OCH3 is 1. The molecule has 5 heteroatoms. The number of ether oxygens (including phenoxy) is 2. The van der Waals surface area contributed by atoms with Gasteiger partial charge in [0.05, 0.1) is 18.1 Å². The van der Waals surface area contributed by atoms with Crippen LogP contribution in [-0.2, 0) is 0 Å². The highest BCUT2D eigenvalue weighted by Gasteiger charge is 2.12. The van der Waals surface area contributed by atoms with Gasteiger partial charge < -0.3 is 9.47 Å². The Hall–Kier alpha value is -2.56. The van der Waals surface area contributed by atoms with Crippen LogP contribution in [0.25, 0.3) is 0 Å². The molecule has 19 heavy (non-hydrogen) atoms. The average molecular weight is 259 g/mol. The largest absolute Gasteiger partial charge is 0.493 e. The molecule has 0 saturated carbocycles. The number of aryl methyl sites for hydroxylation is 1. The molecule has 0 spiro atoms.